The van der Waals surface area contributed by atoms with Gasteiger partial charge in [0.15, 0.2) is 0 Å². The first-order chi connectivity index (χ1) is 5.63. The van der Waals surface area contributed by atoms with Crippen LogP contribution >= 0.6 is 0 Å². The summed E-state index contributed by atoms with van der Waals surface area (Å²) in [6, 6.07) is 0. The highest BCUT2D eigenvalue weighted by Crippen LogP contribution is 2.13. The Labute approximate surface area is 71.2 Å². The van der Waals surface area contributed by atoms with Gasteiger partial charge in [0.2, 0.25) is 0 Å². The molecule has 0 aromatic rings. The van der Waals surface area contributed by atoms with Gasteiger partial charge < -0.3 is 15.0 Å². The predicted molar refractivity (Wildman–Crippen MR) is 42.7 cm³/mol. The summed E-state index contributed by atoms with van der Waals surface area (Å²) in [5, 5.41) is 17.8. The molecule has 0 saturated carbocycles. The fourth-order valence-electron chi connectivity index (χ4n) is 1.05. The molecule has 70 valence electrons. The summed E-state index contributed by atoms with van der Waals surface area (Å²) in [6.45, 7) is 1.84. The van der Waals surface area contributed by atoms with E-state index in [1.54, 1.807) is 0 Å². The van der Waals surface area contributed by atoms with Gasteiger partial charge in [0.1, 0.15) is 6.29 Å². The van der Waals surface area contributed by atoms with Gasteiger partial charge >= 0.3 is 5.97 Å². The number of rotatable bonds is 6. The molecule has 0 radical (unpaired) electrons. The number of hydrogen-bond donors (Lipinski definition) is 2. The van der Waals surface area contributed by atoms with Crippen molar-refractivity contribution in [2.75, 3.05) is 0 Å². The maximum absolute atomic E-state index is 10.5. The van der Waals surface area contributed by atoms with E-state index in [4.69, 9.17) is 5.11 Å². The van der Waals surface area contributed by atoms with E-state index in [2.05, 4.69) is 0 Å². The minimum Gasteiger partial charge on any atom is -0.481 e. The minimum atomic E-state index is -1.04. The van der Waals surface area contributed by atoms with E-state index < -0.39 is 18.0 Å². The fraction of sp³-hybridized carbons (Fsp3) is 0.750. The first-order valence-corrected chi connectivity index (χ1v) is 3.98. The summed E-state index contributed by atoms with van der Waals surface area (Å²) in [6.07, 6.45) is 0.490. The van der Waals surface area contributed by atoms with Crippen molar-refractivity contribution in [3.63, 3.8) is 0 Å². The van der Waals surface area contributed by atoms with Gasteiger partial charge in [-0.15, -0.1) is 0 Å². The number of hydrogen-bond acceptors (Lipinski definition) is 3. The smallest absolute Gasteiger partial charge is 0.309 e. The molecule has 2 N–H and O–H groups in total. The number of aldehydes is 1. The van der Waals surface area contributed by atoms with Crippen LogP contribution in [-0.2, 0) is 9.59 Å². The third-order valence-electron chi connectivity index (χ3n) is 1.72. The van der Waals surface area contributed by atoms with E-state index >= 15 is 0 Å². The van der Waals surface area contributed by atoms with Crippen molar-refractivity contribution in [1.29, 1.82) is 0 Å². The molecule has 0 aliphatic rings. The maximum atomic E-state index is 10.5. The van der Waals surface area contributed by atoms with Crippen LogP contribution in [0.3, 0.4) is 0 Å². The van der Waals surface area contributed by atoms with E-state index in [-0.39, 0.29) is 6.42 Å². The Bertz CT molecular complexity index is 155. The SMILES string of the molecule is CCCC(C(=O)O)C(O)CC=O. The van der Waals surface area contributed by atoms with E-state index in [1.165, 1.54) is 0 Å². The van der Waals surface area contributed by atoms with Gasteiger partial charge in [-0.3, -0.25) is 4.79 Å². The standard InChI is InChI=1S/C8H14O4/c1-2-3-6(8(11)12)7(10)4-5-9/h5-7,10H,2-4H2,1H3,(H,11,12). The summed E-state index contributed by atoms with van der Waals surface area (Å²) in [5.41, 5.74) is 0. The molecule has 0 aliphatic carbocycles. The van der Waals surface area contributed by atoms with Gasteiger partial charge in [-0.2, -0.15) is 0 Å². The second-order valence-corrected chi connectivity index (χ2v) is 2.70. The number of aliphatic hydroxyl groups is 1. The van der Waals surface area contributed by atoms with Crippen LogP contribution in [-0.4, -0.2) is 28.6 Å². The summed E-state index contributed by atoms with van der Waals surface area (Å²) in [5.74, 6) is -1.84. The molecular formula is C8H14O4. The first kappa shape index (κ1) is 11.1. The molecule has 0 fully saturated rings. The molecule has 0 rings (SSSR count). The average molecular weight is 174 g/mol. The van der Waals surface area contributed by atoms with Gasteiger partial charge in [-0.1, -0.05) is 13.3 Å². The lowest BCUT2D eigenvalue weighted by Gasteiger charge is -2.15. The maximum Gasteiger partial charge on any atom is 0.309 e. The molecule has 0 amide bonds. The molecular weight excluding hydrogens is 160 g/mol. The van der Waals surface area contributed by atoms with Gasteiger partial charge in [0, 0.05) is 6.42 Å². The van der Waals surface area contributed by atoms with Crippen molar-refractivity contribution < 1.29 is 19.8 Å². The van der Waals surface area contributed by atoms with E-state index in [1.807, 2.05) is 6.92 Å². The lowest BCUT2D eigenvalue weighted by molar-refractivity contribution is -0.146. The molecule has 2 unspecified atom stereocenters. The van der Waals surface area contributed by atoms with Crippen LogP contribution in [0.2, 0.25) is 0 Å². The topological polar surface area (TPSA) is 74.6 Å². The molecule has 4 heteroatoms. The molecule has 0 aliphatic heterocycles. The number of aliphatic carboxylic acids is 1. The normalized spacial score (nSPS) is 15.2. The highest BCUT2D eigenvalue weighted by molar-refractivity contribution is 5.71. The minimum absolute atomic E-state index is 0.100. The van der Waals surface area contributed by atoms with Crippen LogP contribution in [0.4, 0.5) is 0 Å². The molecule has 12 heavy (non-hydrogen) atoms. The van der Waals surface area contributed by atoms with Crippen molar-refractivity contribution in [2.24, 2.45) is 5.92 Å². The highest BCUT2D eigenvalue weighted by Gasteiger charge is 2.24. The monoisotopic (exact) mass is 174 g/mol. The Kier molecular flexibility index (Phi) is 5.28. The van der Waals surface area contributed by atoms with E-state index in [9.17, 15) is 14.7 Å². The van der Waals surface area contributed by atoms with Crippen LogP contribution in [0, 0.1) is 5.92 Å². The molecule has 0 spiro atoms. The molecule has 0 aromatic heterocycles. The summed E-state index contributed by atoms with van der Waals surface area (Å²) in [4.78, 5) is 20.5. The molecule has 2 atom stereocenters. The quantitative estimate of drug-likeness (QED) is 0.573. The Hall–Kier alpha value is -0.900. The van der Waals surface area contributed by atoms with Crippen molar-refractivity contribution in [1.82, 2.24) is 0 Å². The number of carboxylic acids is 1. The Morgan fingerprint density at radius 3 is 2.50 bits per heavy atom. The molecule has 0 bridgehead atoms. The van der Waals surface area contributed by atoms with Crippen molar-refractivity contribution >= 4 is 12.3 Å². The van der Waals surface area contributed by atoms with E-state index in [0.717, 1.165) is 0 Å². The average Bonchev–Trinajstić information content (AvgIpc) is 1.99. The largest absolute Gasteiger partial charge is 0.481 e. The summed E-state index contributed by atoms with van der Waals surface area (Å²) < 4.78 is 0. The summed E-state index contributed by atoms with van der Waals surface area (Å²) >= 11 is 0. The Morgan fingerprint density at radius 1 is 1.58 bits per heavy atom. The second-order valence-electron chi connectivity index (χ2n) is 2.70. The zero-order valence-corrected chi connectivity index (χ0v) is 7.06. The van der Waals surface area contributed by atoms with Gasteiger partial charge in [-0.25, -0.2) is 0 Å². The first-order valence-electron chi connectivity index (χ1n) is 3.98. The van der Waals surface area contributed by atoms with Crippen LogP contribution in [0.1, 0.15) is 26.2 Å². The molecule has 0 saturated heterocycles. The van der Waals surface area contributed by atoms with E-state index in [0.29, 0.717) is 19.1 Å². The van der Waals surface area contributed by atoms with Gasteiger partial charge in [0.05, 0.1) is 12.0 Å². The molecule has 4 nitrogen and oxygen atoms in total. The van der Waals surface area contributed by atoms with Crippen LogP contribution in [0.5, 0.6) is 0 Å². The Balaban J connectivity index is 4.07. The van der Waals surface area contributed by atoms with Crippen molar-refractivity contribution in [2.45, 2.75) is 32.3 Å². The number of carbonyl (C=O) groups is 2. The summed E-state index contributed by atoms with van der Waals surface area (Å²) in [7, 11) is 0. The van der Waals surface area contributed by atoms with Gasteiger partial charge in [0.25, 0.3) is 0 Å². The van der Waals surface area contributed by atoms with Gasteiger partial charge in [-0.05, 0) is 6.42 Å². The molecule has 0 heterocycles. The highest BCUT2D eigenvalue weighted by atomic mass is 16.4. The van der Waals surface area contributed by atoms with Crippen molar-refractivity contribution in [3.8, 4) is 0 Å². The molecule has 0 aromatic carbocycles. The lowest BCUT2D eigenvalue weighted by Crippen LogP contribution is -2.28. The zero-order chi connectivity index (χ0) is 9.56. The third-order valence-corrected chi connectivity index (χ3v) is 1.72. The Morgan fingerprint density at radius 2 is 2.17 bits per heavy atom. The zero-order valence-electron chi connectivity index (χ0n) is 7.06. The fourth-order valence-corrected chi connectivity index (χ4v) is 1.05. The number of aliphatic hydroxyl groups excluding tert-OH is 1. The second kappa shape index (κ2) is 5.71. The van der Waals surface area contributed by atoms with Crippen LogP contribution in [0.15, 0.2) is 0 Å². The van der Waals surface area contributed by atoms with Crippen LogP contribution < -0.4 is 0 Å². The number of carboxylic acid groups (broad SMARTS) is 1. The van der Waals surface area contributed by atoms with Crippen LogP contribution in [0.25, 0.3) is 0 Å². The van der Waals surface area contributed by atoms with Crippen molar-refractivity contribution in [3.05, 3.63) is 0 Å². The number of carbonyl (C=O) groups excluding carboxylic acids is 1. The lowest BCUT2D eigenvalue weighted by atomic mass is 9.95. The third kappa shape index (κ3) is 3.48. The predicted octanol–water partition coefficient (Wildman–Crippen LogP) is 0.437.